The summed E-state index contributed by atoms with van der Waals surface area (Å²) in [5.41, 5.74) is 1.36. The largest absolute Gasteiger partial charge is 0.357 e. The van der Waals surface area contributed by atoms with Crippen molar-refractivity contribution in [2.45, 2.75) is 39.2 Å². The highest BCUT2D eigenvalue weighted by Gasteiger charge is 2.33. The summed E-state index contributed by atoms with van der Waals surface area (Å²) in [6.45, 7) is 7.72. The Morgan fingerprint density at radius 2 is 2.19 bits per heavy atom. The summed E-state index contributed by atoms with van der Waals surface area (Å²) in [6, 6.07) is 0. The van der Waals surface area contributed by atoms with Gasteiger partial charge in [0.2, 0.25) is 5.95 Å². The van der Waals surface area contributed by atoms with Crippen molar-refractivity contribution < 1.29 is 0 Å². The van der Waals surface area contributed by atoms with Crippen molar-refractivity contribution in [1.82, 2.24) is 9.97 Å². The van der Waals surface area contributed by atoms with Gasteiger partial charge >= 0.3 is 0 Å². The van der Waals surface area contributed by atoms with Crippen molar-refractivity contribution in [3.05, 3.63) is 11.8 Å². The Morgan fingerprint density at radius 1 is 1.44 bits per heavy atom. The molecule has 1 saturated heterocycles. The summed E-state index contributed by atoms with van der Waals surface area (Å²) in [5.74, 6) is 1.77. The molecule has 0 spiro atoms. The molecule has 0 unspecified atom stereocenters. The maximum Gasteiger partial charge on any atom is 0.224 e. The molecule has 1 N–H and O–H groups in total. The topological polar surface area (TPSA) is 41.1 Å². The van der Waals surface area contributed by atoms with Gasteiger partial charge in [0.15, 0.2) is 0 Å². The van der Waals surface area contributed by atoms with Gasteiger partial charge in [0.05, 0.1) is 0 Å². The van der Waals surface area contributed by atoms with Gasteiger partial charge in [0, 0.05) is 30.9 Å². The number of nitrogens with zero attached hydrogens (tertiary/aromatic N) is 3. The molecule has 4 nitrogen and oxygen atoms in total. The lowest BCUT2D eigenvalue weighted by Gasteiger charge is -2.33. The molecule has 0 radical (unpaired) electrons. The Labute approximate surface area is 97.1 Å². The second-order valence-corrected chi connectivity index (χ2v) is 5.02. The standard InChI is InChI=1S/C12H20N4/c1-9-8-14-11(13-4)15-10(9)16-7-5-6-12(16,2)3/h8H,5-7H2,1-4H3,(H,13,14,15). The van der Waals surface area contributed by atoms with Crippen molar-refractivity contribution in [2.24, 2.45) is 0 Å². The molecule has 1 aromatic heterocycles. The SMILES string of the molecule is CNc1ncc(C)c(N2CCCC2(C)C)n1. The average molecular weight is 220 g/mol. The van der Waals surface area contributed by atoms with E-state index in [0.29, 0.717) is 5.95 Å². The summed E-state index contributed by atoms with van der Waals surface area (Å²) >= 11 is 0. The molecule has 0 saturated carbocycles. The van der Waals surface area contributed by atoms with E-state index in [2.05, 4.69) is 41.0 Å². The van der Waals surface area contributed by atoms with E-state index >= 15 is 0 Å². The molecule has 2 heterocycles. The van der Waals surface area contributed by atoms with Gasteiger partial charge in [-0.05, 0) is 33.6 Å². The molecular formula is C12H20N4. The third kappa shape index (κ3) is 1.84. The van der Waals surface area contributed by atoms with E-state index < -0.39 is 0 Å². The van der Waals surface area contributed by atoms with Gasteiger partial charge in [-0.15, -0.1) is 0 Å². The number of hydrogen-bond donors (Lipinski definition) is 1. The van der Waals surface area contributed by atoms with E-state index in [1.807, 2.05) is 13.2 Å². The lowest BCUT2D eigenvalue weighted by molar-refractivity contribution is 0.513. The van der Waals surface area contributed by atoms with E-state index in [1.165, 1.54) is 12.8 Å². The van der Waals surface area contributed by atoms with Gasteiger partial charge in [0.25, 0.3) is 0 Å². The first-order valence-corrected chi connectivity index (χ1v) is 5.83. The number of nitrogens with one attached hydrogen (secondary N) is 1. The normalized spacial score (nSPS) is 18.9. The molecule has 0 atom stereocenters. The van der Waals surface area contributed by atoms with Gasteiger partial charge in [0.1, 0.15) is 5.82 Å². The number of hydrogen-bond acceptors (Lipinski definition) is 4. The fourth-order valence-corrected chi connectivity index (χ4v) is 2.33. The maximum absolute atomic E-state index is 4.57. The van der Waals surface area contributed by atoms with E-state index in [-0.39, 0.29) is 5.54 Å². The molecule has 1 aliphatic heterocycles. The van der Waals surface area contributed by atoms with Crippen LogP contribution in [0.25, 0.3) is 0 Å². The molecule has 0 bridgehead atoms. The number of aromatic nitrogens is 2. The van der Waals surface area contributed by atoms with Crippen LogP contribution in [0.4, 0.5) is 11.8 Å². The molecule has 4 heteroatoms. The lowest BCUT2D eigenvalue weighted by atomic mass is 10.0. The van der Waals surface area contributed by atoms with Crippen molar-refractivity contribution in [3.63, 3.8) is 0 Å². The fourth-order valence-electron chi connectivity index (χ4n) is 2.33. The summed E-state index contributed by atoms with van der Waals surface area (Å²) in [7, 11) is 1.85. The predicted molar refractivity (Wildman–Crippen MR) is 67.0 cm³/mol. The molecule has 1 fully saturated rings. The summed E-state index contributed by atoms with van der Waals surface area (Å²) < 4.78 is 0. The van der Waals surface area contributed by atoms with Crippen molar-refractivity contribution in [2.75, 3.05) is 23.8 Å². The summed E-state index contributed by atoms with van der Waals surface area (Å²) in [5, 5.41) is 3.00. The van der Waals surface area contributed by atoms with Gasteiger partial charge < -0.3 is 10.2 Å². The van der Waals surface area contributed by atoms with Crippen LogP contribution in [0, 0.1) is 6.92 Å². The minimum atomic E-state index is 0.212. The van der Waals surface area contributed by atoms with E-state index in [4.69, 9.17) is 0 Å². The van der Waals surface area contributed by atoms with Crippen molar-refractivity contribution in [3.8, 4) is 0 Å². The molecular weight excluding hydrogens is 200 g/mol. The van der Waals surface area contributed by atoms with Crippen LogP contribution < -0.4 is 10.2 Å². The van der Waals surface area contributed by atoms with E-state index in [0.717, 1.165) is 17.9 Å². The second kappa shape index (κ2) is 3.92. The van der Waals surface area contributed by atoms with Crippen molar-refractivity contribution in [1.29, 1.82) is 0 Å². The Balaban J connectivity index is 2.39. The molecule has 16 heavy (non-hydrogen) atoms. The highest BCUT2D eigenvalue weighted by Crippen LogP contribution is 2.34. The van der Waals surface area contributed by atoms with Crippen LogP contribution in [0.5, 0.6) is 0 Å². The quantitative estimate of drug-likeness (QED) is 0.829. The molecule has 0 aromatic carbocycles. The predicted octanol–water partition coefficient (Wildman–Crippen LogP) is 2.21. The fraction of sp³-hybridized carbons (Fsp3) is 0.667. The molecule has 1 aliphatic rings. The smallest absolute Gasteiger partial charge is 0.224 e. The van der Waals surface area contributed by atoms with E-state index in [1.54, 1.807) is 0 Å². The third-order valence-electron chi connectivity index (χ3n) is 3.33. The van der Waals surface area contributed by atoms with Gasteiger partial charge in [-0.25, -0.2) is 4.98 Å². The van der Waals surface area contributed by atoms with Crippen LogP contribution in [-0.2, 0) is 0 Å². The molecule has 0 amide bonds. The highest BCUT2D eigenvalue weighted by atomic mass is 15.3. The highest BCUT2D eigenvalue weighted by molar-refractivity contribution is 5.51. The Morgan fingerprint density at radius 3 is 2.75 bits per heavy atom. The first-order chi connectivity index (χ1) is 7.54. The van der Waals surface area contributed by atoms with E-state index in [9.17, 15) is 0 Å². The van der Waals surface area contributed by atoms with Gasteiger partial charge in [-0.3, -0.25) is 0 Å². The second-order valence-electron chi connectivity index (χ2n) is 5.02. The molecule has 2 rings (SSSR count). The van der Waals surface area contributed by atoms with Crippen LogP contribution in [-0.4, -0.2) is 29.1 Å². The van der Waals surface area contributed by atoms with Crippen molar-refractivity contribution >= 4 is 11.8 Å². The number of anilines is 2. The lowest BCUT2D eigenvalue weighted by Crippen LogP contribution is -2.39. The van der Waals surface area contributed by atoms with Crippen LogP contribution in [0.2, 0.25) is 0 Å². The zero-order valence-electron chi connectivity index (χ0n) is 10.5. The van der Waals surface area contributed by atoms with Crippen LogP contribution >= 0.6 is 0 Å². The zero-order valence-corrected chi connectivity index (χ0v) is 10.5. The third-order valence-corrected chi connectivity index (χ3v) is 3.33. The molecule has 1 aromatic rings. The Hall–Kier alpha value is -1.32. The molecule has 0 aliphatic carbocycles. The average Bonchev–Trinajstić information content (AvgIpc) is 2.59. The first-order valence-electron chi connectivity index (χ1n) is 5.83. The summed E-state index contributed by atoms with van der Waals surface area (Å²) in [4.78, 5) is 11.2. The number of rotatable bonds is 2. The zero-order chi connectivity index (χ0) is 11.8. The minimum absolute atomic E-state index is 0.212. The Bertz CT molecular complexity index is 387. The molecule has 88 valence electrons. The summed E-state index contributed by atoms with van der Waals surface area (Å²) in [6.07, 6.45) is 4.36. The van der Waals surface area contributed by atoms with Crippen LogP contribution in [0.1, 0.15) is 32.3 Å². The Kier molecular flexibility index (Phi) is 2.74. The minimum Gasteiger partial charge on any atom is -0.357 e. The van der Waals surface area contributed by atoms with Gasteiger partial charge in [-0.1, -0.05) is 0 Å². The maximum atomic E-state index is 4.57. The first kappa shape index (κ1) is 11.2. The van der Waals surface area contributed by atoms with Crippen LogP contribution in [0.15, 0.2) is 6.20 Å². The monoisotopic (exact) mass is 220 g/mol. The van der Waals surface area contributed by atoms with Gasteiger partial charge in [-0.2, -0.15) is 4.98 Å². The van der Waals surface area contributed by atoms with Crippen LogP contribution in [0.3, 0.4) is 0 Å². The number of aryl methyl sites for hydroxylation is 1.